The van der Waals surface area contributed by atoms with E-state index in [2.05, 4.69) is 47.1 Å². The van der Waals surface area contributed by atoms with Gasteiger partial charge in [0.05, 0.1) is 18.2 Å². The molecule has 1 amide bonds. The lowest BCUT2D eigenvalue weighted by molar-refractivity contribution is 0.0501. The van der Waals surface area contributed by atoms with Gasteiger partial charge < -0.3 is 14.7 Å². The Morgan fingerprint density at radius 3 is 2.76 bits per heavy atom. The van der Waals surface area contributed by atoms with Gasteiger partial charge in [0.15, 0.2) is 0 Å². The molecule has 0 bridgehead atoms. The van der Waals surface area contributed by atoms with Crippen molar-refractivity contribution in [1.29, 1.82) is 0 Å². The van der Waals surface area contributed by atoms with Crippen molar-refractivity contribution in [1.82, 2.24) is 14.7 Å². The van der Waals surface area contributed by atoms with Crippen molar-refractivity contribution in [3.8, 4) is 5.75 Å². The Morgan fingerprint density at radius 2 is 1.94 bits per heavy atom. The molecule has 1 N–H and O–H groups in total. The van der Waals surface area contributed by atoms with E-state index in [-0.39, 0.29) is 5.91 Å². The molecule has 0 saturated carbocycles. The zero-order valence-corrected chi connectivity index (χ0v) is 19.6. The van der Waals surface area contributed by atoms with Gasteiger partial charge in [-0.25, -0.2) is 0 Å². The molecule has 33 heavy (non-hydrogen) atoms. The van der Waals surface area contributed by atoms with Crippen LogP contribution in [-0.4, -0.2) is 77.2 Å². The van der Waals surface area contributed by atoms with Crippen LogP contribution in [0.15, 0.2) is 42.5 Å². The maximum atomic E-state index is 13.2. The lowest BCUT2D eigenvalue weighted by Gasteiger charge is -2.32. The number of carbonyl (C=O) groups excluding carboxylic acids is 1. The minimum Gasteiger partial charge on any atom is -0.491 e. The summed E-state index contributed by atoms with van der Waals surface area (Å²) in [7, 11) is 0. The first-order valence-electron chi connectivity index (χ1n) is 12.3. The molecule has 0 unspecified atom stereocenters. The minimum absolute atomic E-state index is 0.0494. The lowest BCUT2D eigenvalue weighted by atomic mass is 10.00. The quantitative estimate of drug-likeness (QED) is 0.735. The molecular weight excluding hydrogens is 414 g/mol. The Bertz CT molecular complexity index is 994. The molecule has 6 heteroatoms. The first-order chi connectivity index (χ1) is 16.1. The average molecular weight is 450 g/mol. The molecule has 1 saturated heterocycles. The van der Waals surface area contributed by atoms with Gasteiger partial charge in [-0.05, 0) is 61.6 Å². The number of fused-ring (bicyclic) bond motifs is 2. The van der Waals surface area contributed by atoms with Crippen molar-refractivity contribution >= 4 is 5.91 Å². The van der Waals surface area contributed by atoms with Crippen molar-refractivity contribution < 1.29 is 14.6 Å². The molecule has 2 atom stereocenters. The summed E-state index contributed by atoms with van der Waals surface area (Å²) in [5.41, 5.74) is 4.53. The third-order valence-corrected chi connectivity index (χ3v) is 7.37. The smallest absolute Gasteiger partial charge is 0.257 e. The number of hydrogen-bond donors (Lipinski definition) is 1. The highest BCUT2D eigenvalue weighted by molar-refractivity contribution is 5.97. The SMILES string of the molecule is C[C@@H]1CCCN1Cc1ccc2c(c1)OCCN(C[C@H](O)CN1CCc3ccccc3C1)C2=O. The Hall–Kier alpha value is -2.41. The van der Waals surface area contributed by atoms with Crippen molar-refractivity contribution in [2.75, 3.05) is 39.3 Å². The number of aliphatic hydroxyl groups excluding tert-OH is 1. The molecule has 2 aromatic carbocycles. The summed E-state index contributed by atoms with van der Waals surface area (Å²) in [5, 5.41) is 10.8. The first kappa shape index (κ1) is 22.4. The monoisotopic (exact) mass is 449 g/mol. The van der Waals surface area contributed by atoms with E-state index in [0.717, 1.165) is 32.6 Å². The molecule has 0 aliphatic carbocycles. The van der Waals surface area contributed by atoms with E-state index < -0.39 is 6.10 Å². The van der Waals surface area contributed by atoms with Crippen LogP contribution in [0.4, 0.5) is 0 Å². The van der Waals surface area contributed by atoms with E-state index in [1.54, 1.807) is 4.90 Å². The van der Waals surface area contributed by atoms with Crippen LogP contribution in [0.1, 0.15) is 46.8 Å². The molecule has 1 fully saturated rings. The maximum absolute atomic E-state index is 13.2. The van der Waals surface area contributed by atoms with E-state index in [1.807, 2.05) is 12.1 Å². The predicted octanol–water partition coefficient (Wildman–Crippen LogP) is 2.92. The van der Waals surface area contributed by atoms with Gasteiger partial charge in [-0.2, -0.15) is 0 Å². The number of hydrogen-bond acceptors (Lipinski definition) is 5. The van der Waals surface area contributed by atoms with Gasteiger partial charge >= 0.3 is 0 Å². The second-order valence-corrected chi connectivity index (χ2v) is 9.80. The lowest BCUT2D eigenvalue weighted by Crippen LogP contribution is -2.44. The van der Waals surface area contributed by atoms with Crippen molar-refractivity contribution in [2.45, 2.75) is 51.4 Å². The number of likely N-dealkylation sites (tertiary alicyclic amines) is 1. The van der Waals surface area contributed by atoms with Crippen LogP contribution in [0.5, 0.6) is 5.75 Å². The number of amides is 1. The van der Waals surface area contributed by atoms with E-state index in [9.17, 15) is 9.90 Å². The fraction of sp³-hybridized carbons (Fsp3) is 0.519. The van der Waals surface area contributed by atoms with Crippen molar-refractivity contribution in [3.05, 3.63) is 64.7 Å². The molecular formula is C27H35N3O3. The number of benzene rings is 2. The summed E-state index contributed by atoms with van der Waals surface area (Å²) in [4.78, 5) is 19.8. The van der Waals surface area contributed by atoms with Gasteiger partial charge in [0.25, 0.3) is 5.91 Å². The van der Waals surface area contributed by atoms with Crippen LogP contribution >= 0.6 is 0 Å². The summed E-state index contributed by atoms with van der Waals surface area (Å²) >= 11 is 0. The Labute approximate surface area is 196 Å². The summed E-state index contributed by atoms with van der Waals surface area (Å²) in [6.45, 7) is 7.93. The fourth-order valence-corrected chi connectivity index (χ4v) is 5.46. The van der Waals surface area contributed by atoms with Gasteiger partial charge in [-0.15, -0.1) is 0 Å². The number of rotatable bonds is 6. The maximum Gasteiger partial charge on any atom is 0.257 e. The van der Waals surface area contributed by atoms with Gasteiger partial charge in [0.2, 0.25) is 0 Å². The molecule has 0 aromatic heterocycles. The Balaban J connectivity index is 1.20. The molecule has 3 aliphatic heterocycles. The molecule has 3 aliphatic rings. The number of aliphatic hydroxyl groups is 1. The molecule has 0 radical (unpaired) electrons. The highest BCUT2D eigenvalue weighted by atomic mass is 16.5. The minimum atomic E-state index is -0.586. The summed E-state index contributed by atoms with van der Waals surface area (Å²) in [6, 6.07) is 15.1. The topological polar surface area (TPSA) is 56.2 Å². The zero-order valence-electron chi connectivity index (χ0n) is 19.6. The molecule has 176 valence electrons. The third-order valence-electron chi connectivity index (χ3n) is 7.37. The molecule has 2 aromatic rings. The van der Waals surface area contributed by atoms with Crippen LogP contribution < -0.4 is 4.74 Å². The Kier molecular flexibility index (Phi) is 6.67. The van der Waals surface area contributed by atoms with Crippen LogP contribution in [0.3, 0.4) is 0 Å². The van der Waals surface area contributed by atoms with Crippen LogP contribution in [-0.2, 0) is 19.5 Å². The highest BCUT2D eigenvalue weighted by Crippen LogP contribution is 2.27. The van der Waals surface area contributed by atoms with E-state index >= 15 is 0 Å². The fourth-order valence-electron chi connectivity index (χ4n) is 5.46. The second kappa shape index (κ2) is 9.84. The third kappa shape index (κ3) is 5.08. The van der Waals surface area contributed by atoms with Crippen molar-refractivity contribution in [3.63, 3.8) is 0 Å². The van der Waals surface area contributed by atoms with E-state index in [4.69, 9.17) is 4.74 Å². The molecule has 5 rings (SSSR count). The largest absolute Gasteiger partial charge is 0.491 e. The Morgan fingerprint density at radius 1 is 1.09 bits per heavy atom. The summed E-state index contributed by atoms with van der Waals surface area (Å²) < 4.78 is 5.98. The number of β-amino-alcohol motifs (C(OH)–C–C–N with tert-alkyl or cyclic N) is 1. The standard InChI is InChI=1S/C27H35N3O3/c1-20-5-4-11-29(20)16-21-8-9-25-26(15-21)33-14-13-30(27(25)32)19-24(31)18-28-12-10-22-6-2-3-7-23(22)17-28/h2-3,6-9,15,20,24,31H,4-5,10-14,16-19H2,1H3/t20-,24-/m1/s1. The van der Waals surface area contributed by atoms with Gasteiger partial charge in [-0.3, -0.25) is 14.6 Å². The normalized spacial score (nSPS) is 22.4. The highest BCUT2D eigenvalue weighted by Gasteiger charge is 2.27. The summed E-state index contributed by atoms with van der Waals surface area (Å²) in [6.07, 6.45) is 2.92. The van der Waals surface area contributed by atoms with Gasteiger partial charge in [0, 0.05) is 38.8 Å². The van der Waals surface area contributed by atoms with Crippen LogP contribution in [0, 0.1) is 0 Å². The summed E-state index contributed by atoms with van der Waals surface area (Å²) in [5.74, 6) is 0.626. The average Bonchev–Trinajstić information content (AvgIpc) is 3.15. The van der Waals surface area contributed by atoms with Gasteiger partial charge in [0.1, 0.15) is 12.4 Å². The number of nitrogens with zero attached hydrogens (tertiary/aromatic N) is 3. The van der Waals surface area contributed by atoms with E-state index in [0.29, 0.717) is 43.6 Å². The molecule has 6 nitrogen and oxygen atoms in total. The van der Waals surface area contributed by atoms with Crippen LogP contribution in [0.25, 0.3) is 0 Å². The zero-order chi connectivity index (χ0) is 22.8. The van der Waals surface area contributed by atoms with Crippen molar-refractivity contribution in [2.24, 2.45) is 0 Å². The van der Waals surface area contributed by atoms with Crippen LogP contribution in [0.2, 0.25) is 0 Å². The first-order valence-corrected chi connectivity index (χ1v) is 12.3. The number of carbonyl (C=O) groups is 1. The van der Waals surface area contributed by atoms with E-state index in [1.165, 1.54) is 29.5 Å². The van der Waals surface area contributed by atoms with Gasteiger partial charge in [-0.1, -0.05) is 30.3 Å². The molecule has 0 spiro atoms. The number of ether oxygens (including phenoxy) is 1. The second-order valence-electron chi connectivity index (χ2n) is 9.80. The molecule has 3 heterocycles. The predicted molar refractivity (Wildman–Crippen MR) is 128 cm³/mol.